The largest absolute Gasteiger partial charge is 0.497 e. The van der Waals surface area contributed by atoms with Gasteiger partial charge in [-0.15, -0.1) is 0 Å². The number of rotatable bonds is 5. The third-order valence-electron chi connectivity index (χ3n) is 2.81. The van der Waals surface area contributed by atoms with Crippen molar-refractivity contribution in [1.82, 2.24) is 5.32 Å². The van der Waals surface area contributed by atoms with Crippen LogP contribution in [-0.4, -0.2) is 26.3 Å². The molecule has 0 aliphatic carbocycles. The van der Waals surface area contributed by atoms with Gasteiger partial charge in [-0.3, -0.25) is 0 Å². The summed E-state index contributed by atoms with van der Waals surface area (Å²) in [7, 11) is 1.69. The second kappa shape index (κ2) is 5.21. The Morgan fingerprint density at radius 1 is 1.50 bits per heavy atom. The number of benzene rings is 1. The van der Waals surface area contributed by atoms with Gasteiger partial charge in [0.2, 0.25) is 0 Å². The molecule has 0 spiro atoms. The summed E-state index contributed by atoms with van der Waals surface area (Å²) in [6, 6.07) is 6.00. The maximum atomic E-state index is 5.83. The average Bonchev–Trinajstić information content (AvgIpc) is 2.70. The van der Waals surface area contributed by atoms with E-state index < -0.39 is 0 Å². The summed E-state index contributed by atoms with van der Waals surface area (Å²) in [6.07, 6.45) is 2.41. The van der Waals surface area contributed by atoms with Crippen molar-refractivity contribution in [2.75, 3.05) is 20.2 Å². The molecule has 1 heterocycles. The maximum Gasteiger partial charge on any atom is 0.123 e. The number of hydrogen-bond acceptors (Lipinski definition) is 3. The van der Waals surface area contributed by atoms with Crippen LogP contribution in [0.1, 0.15) is 18.9 Å². The first-order chi connectivity index (χ1) is 7.83. The topological polar surface area (TPSA) is 30.5 Å². The van der Waals surface area contributed by atoms with Gasteiger partial charge >= 0.3 is 0 Å². The molecule has 1 aromatic carbocycles. The number of hydrogen-bond donors (Lipinski definition) is 1. The second-order valence-electron chi connectivity index (χ2n) is 4.12. The van der Waals surface area contributed by atoms with Crippen LogP contribution in [0.2, 0.25) is 0 Å². The lowest BCUT2D eigenvalue weighted by Gasteiger charge is -2.10. The normalized spacial score (nSPS) is 18.0. The molecule has 1 atom stereocenters. The van der Waals surface area contributed by atoms with Gasteiger partial charge in [0.1, 0.15) is 17.6 Å². The molecule has 2 rings (SSSR count). The van der Waals surface area contributed by atoms with E-state index in [1.165, 1.54) is 5.56 Å². The van der Waals surface area contributed by atoms with E-state index in [0.29, 0.717) is 0 Å². The average molecular weight is 221 g/mol. The van der Waals surface area contributed by atoms with Crippen LogP contribution in [0.25, 0.3) is 0 Å². The van der Waals surface area contributed by atoms with Gasteiger partial charge in [0, 0.05) is 18.5 Å². The van der Waals surface area contributed by atoms with Crippen molar-refractivity contribution in [3.8, 4) is 11.5 Å². The third kappa shape index (κ3) is 2.47. The summed E-state index contributed by atoms with van der Waals surface area (Å²) in [5.41, 5.74) is 1.25. The predicted octanol–water partition coefficient (Wildman–Crippen LogP) is 2.00. The molecule has 0 radical (unpaired) electrons. The van der Waals surface area contributed by atoms with Gasteiger partial charge in [-0.2, -0.15) is 0 Å². The zero-order valence-electron chi connectivity index (χ0n) is 9.95. The highest BCUT2D eigenvalue weighted by molar-refractivity contribution is 5.43. The first-order valence-corrected chi connectivity index (χ1v) is 5.87. The number of methoxy groups -OCH3 is 1. The van der Waals surface area contributed by atoms with Crippen molar-refractivity contribution < 1.29 is 9.47 Å². The molecule has 0 saturated heterocycles. The van der Waals surface area contributed by atoms with Crippen molar-refractivity contribution in [2.24, 2.45) is 0 Å². The van der Waals surface area contributed by atoms with Crippen LogP contribution in [0, 0.1) is 0 Å². The first kappa shape index (κ1) is 11.3. The molecule has 3 nitrogen and oxygen atoms in total. The fourth-order valence-electron chi connectivity index (χ4n) is 1.98. The third-order valence-corrected chi connectivity index (χ3v) is 2.81. The van der Waals surface area contributed by atoms with Gasteiger partial charge in [0.15, 0.2) is 0 Å². The second-order valence-corrected chi connectivity index (χ2v) is 4.12. The monoisotopic (exact) mass is 221 g/mol. The van der Waals surface area contributed by atoms with Gasteiger partial charge in [0.05, 0.1) is 7.11 Å². The highest BCUT2D eigenvalue weighted by atomic mass is 16.5. The van der Waals surface area contributed by atoms with Crippen molar-refractivity contribution >= 4 is 0 Å². The first-order valence-electron chi connectivity index (χ1n) is 5.87. The molecule has 1 aliphatic rings. The molecule has 16 heavy (non-hydrogen) atoms. The van der Waals surface area contributed by atoms with Gasteiger partial charge < -0.3 is 14.8 Å². The summed E-state index contributed by atoms with van der Waals surface area (Å²) in [5, 5.41) is 3.38. The zero-order valence-corrected chi connectivity index (χ0v) is 9.95. The molecule has 0 bridgehead atoms. The molecule has 1 aromatic rings. The predicted molar refractivity (Wildman–Crippen MR) is 64.3 cm³/mol. The van der Waals surface area contributed by atoms with Crippen molar-refractivity contribution in [2.45, 2.75) is 25.9 Å². The Hall–Kier alpha value is -1.22. The van der Waals surface area contributed by atoms with Crippen molar-refractivity contribution in [3.05, 3.63) is 23.8 Å². The van der Waals surface area contributed by atoms with Gasteiger partial charge in [-0.25, -0.2) is 0 Å². The van der Waals surface area contributed by atoms with Crippen molar-refractivity contribution in [3.63, 3.8) is 0 Å². The molecule has 0 aromatic heterocycles. The van der Waals surface area contributed by atoms with E-state index in [4.69, 9.17) is 9.47 Å². The number of ether oxygens (including phenoxy) is 2. The summed E-state index contributed by atoms with van der Waals surface area (Å²) < 4.78 is 11.0. The standard InChI is InChI=1S/C13H19NO2/c1-3-6-14-9-12-8-10-7-11(15-2)4-5-13(10)16-12/h4-5,7,12,14H,3,6,8-9H2,1-2H3. The molecule has 88 valence electrons. The Balaban J connectivity index is 1.93. The smallest absolute Gasteiger partial charge is 0.123 e. The van der Waals surface area contributed by atoms with Crippen LogP contribution in [0.15, 0.2) is 18.2 Å². The van der Waals surface area contributed by atoms with Crippen LogP contribution in [0.5, 0.6) is 11.5 Å². The summed E-state index contributed by atoms with van der Waals surface area (Å²) in [5.74, 6) is 1.91. The Kier molecular flexibility index (Phi) is 3.67. The fraction of sp³-hybridized carbons (Fsp3) is 0.538. The molecule has 1 N–H and O–H groups in total. The minimum atomic E-state index is 0.272. The number of fused-ring (bicyclic) bond motifs is 1. The highest BCUT2D eigenvalue weighted by Gasteiger charge is 2.22. The van der Waals surface area contributed by atoms with E-state index in [2.05, 4.69) is 18.3 Å². The molecular formula is C13H19NO2. The van der Waals surface area contributed by atoms with Crippen LogP contribution in [0.4, 0.5) is 0 Å². The van der Waals surface area contributed by atoms with Gasteiger partial charge in [0.25, 0.3) is 0 Å². The minimum absolute atomic E-state index is 0.272. The molecule has 0 amide bonds. The van der Waals surface area contributed by atoms with E-state index in [0.717, 1.165) is 37.4 Å². The summed E-state index contributed by atoms with van der Waals surface area (Å²) in [4.78, 5) is 0. The fourth-order valence-corrected chi connectivity index (χ4v) is 1.98. The maximum absolute atomic E-state index is 5.83. The molecule has 1 aliphatic heterocycles. The lowest BCUT2D eigenvalue weighted by Crippen LogP contribution is -2.30. The Morgan fingerprint density at radius 2 is 2.38 bits per heavy atom. The summed E-state index contributed by atoms with van der Waals surface area (Å²) >= 11 is 0. The van der Waals surface area contributed by atoms with E-state index in [9.17, 15) is 0 Å². The lowest BCUT2D eigenvalue weighted by molar-refractivity contribution is 0.228. The van der Waals surface area contributed by atoms with Crippen molar-refractivity contribution in [1.29, 1.82) is 0 Å². The van der Waals surface area contributed by atoms with Crippen LogP contribution < -0.4 is 14.8 Å². The van der Waals surface area contributed by atoms with Gasteiger partial charge in [-0.1, -0.05) is 6.92 Å². The lowest BCUT2D eigenvalue weighted by atomic mass is 10.1. The van der Waals surface area contributed by atoms with E-state index in [-0.39, 0.29) is 6.10 Å². The highest BCUT2D eigenvalue weighted by Crippen LogP contribution is 2.31. The van der Waals surface area contributed by atoms with Crippen LogP contribution in [-0.2, 0) is 6.42 Å². The van der Waals surface area contributed by atoms with E-state index in [1.807, 2.05) is 12.1 Å². The van der Waals surface area contributed by atoms with Gasteiger partial charge in [-0.05, 0) is 31.2 Å². The molecule has 1 unspecified atom stereocenters. The molecular weight excluding hydrogens is 202 g/mol. The van der Waals surface area contributed by atoms with E-state index >= 15 is 0 Å². The molecule has 3 heteroatoms. The summed E-state index contributed by atoms with van der Waals surface area (Å²) in [6.45, 7) is 4.15. The minimum Gasteiger partial charge on any atom is -0.497 e. The SMILES string of the molecule is CCCNCC1Cc2cc(OC)ccc2O1. The quantitative estimate of drug-likeness (QED) is 0.771. The van der Waals surface area contributed by atoms with Crippen LogP contribution >= 0.6 is 0 Å². The number of nitrogens with one attached hydrogen (secondary N) is 1. The Morgan fingerprint density at radius 3 is 3.12 bits per heavy atom. The zero-order chi connectivity index (χ0) is 11.4. The molecule has 0 saturated carbocycles. The van der Waals surface area contributed by atoms with Crippen LogP contribution in [0.3, 0.4) is 0 Å². The Labute approximate surface area is 96.8 Å². The Bertz CT molecular complexity index is 352. The molecule has 0 fully saturated rings. The van der Waals surface area contributed by atoms with E-state index in [1.54, 1.807) is 7.11 Å².